The molecule has 2 nitrogen and oxygen atoms in total. The zero-order chi connectivity index (χ0) is 10.7. The van der Waals surface area contributed by atoms with Gasteiger partial charge >= 0.3 is 0 Å². The van der Waals surface area contributed by atoms with E-state index in [1.807, 2.05) is 0 Å². The third kappa shape index (κ3) is 2.94. The number of hydrogen-bond donors (Lipinski definition) is 1. The lowest BCUT2D eigenvalue weighted by Crippen LogP contribution is -2.25. The highest BCUT2D eigenvalue weighted by Gasteiger charge is 2.27. The normalized spacial score (nSPS) is 37.6. The molecule has 1 aliphatic heterocycles. The van der Waals surface area contributed by atoms with E-state index in [2.05, 4.69) is 11.8 Å². The van der Waals surface area contributed by atoms with Gasteiger partial charge in [0.2, 0.25) is 0 Å². The van der Waals surface area contributed by atoms with Crippen LogP contribution < -0.4 is 0 Å². The molecule has 1 heterocycles. The third-order valence-corrected chi connectivity index (χ3v) is 4.38. The van der Waals surface area contributed by atoms with Crippen LogP contribution in [0.25, 0.3) is 0 Å². The molecular weight excluding hydrogens is 186 g/mol. The van der Waals surface area contributed by atoms with Crippen LogP contribution in [0.4, 0.5) is 0 Å². The van der Waals surface area contributed by atoms with Gasteiger partial charge in [0.25, 0.3) is 0 Å². The van der Waals surface area contributed by atoms with E-state index in [0.717, 1.165) is 12.3 Å². The van der Waals surface area contributed by atoms with Gasteiger partial charge in [0, 0.05) is 6.54 Å². The van der Waals surface area contributed by atoms with Gasteiger partial charge in [-0.3, -0.25) is 0 Å². The van der Waals surface area contributed by atoms with Crippen LogP contribution in [0, 0.1) is 11.8 Å². The number of aliphatic hydroxyl groups is 1. The van der Waals surface area contributed by atoms with Gasteiger partial charge < -0.3 is 10.0 Å². The van der Waals surface area contributed by atoms with Crippen molar-refractivity contribution in [1.82, 2.24) is 4.90 Å². The predicted octanol–water partition coefficient (Wildman–Crippen LogP) is 2.27. The Morgan fingerprint density at radius 2 is 2.13 bits per heavy atom. The highest BCUT2D eigenvalue weighted by Crippen LogP contribution is 2.29. The van der Waals surface area contributed by atoms with Gasteiger partial charge in [-0.05, 0) is 50.6 Å². The SMILES string of the molecule is CCC1CCN(CCC2CCCC2O)C1. The van der Waals surface area contributed by atoms with Crippen molar-refractivity contribution in [2.75, 3.05) is 19.6 Å². The molecule has 0 spiro atoms. The van der Waals surface area contributed by atoms with Crippen molar-refractivity contribution in [2.24, 2.45) is 11.8 Å². The fourth-order valence-electron chi connectivity index (χ4n) is 3.15. The number of likely N-dealkylation sites (tertiary alicyclic amines) is 1. The molecule has 2 rings (SSSR count). The minimum Gasteiger partial charge on any atom is -0.393 e. The Hall–Kier alpha value is -0.0800. The molecule has 15 heavy (non-hydrogen) atoms. The summed E-state index contributed by atoms with van der Waals surface area (Å²) in [6, 6.07) is 0. The Bertz CT molecular complexity index is 195. The van der Waals surface area contributed by atoms with E-state index >= 15 is 0 Å². The average molecular weight is 211 g/mol. The van der Waals surface area contributed by atoms with Crippen molar-refractivity contribution >= 4 is 0 Å². The lowest BCUT2D eigenvalue weighted by Gasteiger charge is -2.20. The summed E-state index contributed by atoms with van der Waals surface area (Å²) in [5.74, 6) is 1.55. The molecule has 2 aliphatic rings. The van der Waals surface area contributed by atoms with Gasteiger partial charge in [0.15, 0.2) is 0 Å². The van der Waals surface area contributed by atoms with Gasteiger partial charge in [-0.15, -0.1) is 0 Å². The largest absolute Gasteiger partial charge is 0.393 e. The number of hydrogen-bond acceptors (Lipinski definition) is 2. The Morgan fingerprint density at radius 3 is 2.73 bits per heavy atom. The van der Waals surface area contributed by atoms with Crippen molar-refractivity contribution in [1.29, 1.82) is 0 Å². The second kappa shape index (κ2) is 5.31. The average Bonchev–Trinajstić information content (AvgIpc) is 2.84. The van der Waals surface area contributed by atoms with Crippen LogP contribution in [-0.2, 0) is 0 Å². The van der Waals surface area contributed by atoms with Gasteiger partial charge in [0.1, 0.15) is 0 Å². The molecule has 0 radical (unpaired) electrons. The summed E-state index contributed by atoms with van der Waals surface area (Å²) in [7, 11) is 0. The fraction of sp³-hybridized carbons (Fsp3) is 1.00. The van der Waals surface area contributed by atoms with Crippen molar-refractivity contribution < 1.29 is 5.11 Å². The summed E-state index contributed by atoms with van der Waals surface area (Å²) in [6.07, 6.45) is 7.50. The number of aliphatic hydroxyl groups excluding tert-OH is 1. The van der Waals surface area contributed by atoms with Gasteiger partial charge in [-0.1, -0.05) is 19.8 Å². The zero-order valence-electron chi connectivity index (χ0n) is 9.99. The molecule has 0 bridgehead atoms. The van der Waals surface area contributed by atoms with Crippen LogP contribution in [0.2, 0.25) is 0 Å². The van der Waals surface area contributed by atoms with Crippen LogP contribution in [0.15, 0.2) is 0 Å². The Kier molecular flexibility index (Phi) is 4.04. The molecule has 2 fully saturated rings. The van der Waals surface area contributed by atoms with Crippen LogP contribution >= 0.6 is 0 Å². The Morgan fingerprint density at radius 1 is 1.27 bits per heavy atom. The first-order valence-corrected chi connectivity index (χ1v) is 6.70. The maximum Gasteiger partial charge on any atom is 0.0568 e. The van der Waals surface area contributed by atoms with E-state index in [1.54, 1.807) is 0 Å². The fourth-order valence-corrected chi connectivity index (χ4v) is 3.15. The van der Waals surface area contributed by atoms with Crippen LogP contribution in [0.3, 0.4) is 0 Å². The molecule has 1 saturated heterocycles. The second-order valence-corrected chi connectivity index (χ2v) is 5.41. The van der Waals surface area contributed by atoms with E-state index in [9.17, 15) is 5.11 Å². The monoisotopic (exact) mass is 211 g/mol. The van der Waals surface area contributed by atoms with Crippen LogP contribution in [-0.4, -0.2) is 35.7 Å². The minimum atomic E-state index is 0.00887. The van der Waals surface area contributed by atoms with E-state index in [-0.39, 0.29) is 6.10 Å². The third-order valence-electron chi connectivity index (χ3n) is 4.38. The predicted molar refractivity (Wildman–Crippen MR) is 62.8 cm³/mol. The van der Waals surface area contributed by atoms with E-state index in [1.165, 1.54) is 51.7 Å². The van der Waals surface area contributed by atoms with Gasteiger partial charge in [0.05, 0.1) is 6.10 Å². The maximum absolute atomic E-state index is 9.74. The first kappa shape index (κ1) is 11.4. The lowest BCUT2D eigenvalue weighted by atomic mass is 10.0. The molecule has 0 aromatic rings. The summed E-state index contributed by atoms with van der Waals surface area (Å²) in [5, 5.41) is 9.74. The van der Waals surface area contributed by atoms with Crippen molar-refractivity contribution in [3.8, 4) is 0 Å². The summed E-state index contributed by atoms with van der Waals surface area (Å²) in [6.45, 7) is 6.12. The van der Waals surface area contributed by atoms with Gasteiger partial charge in [-0.25, -0.2) is 0 Å². The first-order valence-electron chi connectivity index (χ1n) is 6.70. The first-order chi connectivity index (χ1) is 7.29. The molecule has 2 heteroatoms. The summed E-state index contributed by atoms with van der Waals surface area (Å²) < 4.78 is 0. The van der Waals surface area contributed by atoms with Gasteiger partial charge in [-0.2, -0.15) is 0 Å². The highest BCUT2D eigenvalue weighted by atomic mass is 16.3. The highest BCUT2D eigenvalue weighted by molar-refractivity contribution is 4.80. The molecule has 1 saturated carbocycles. The second-order valence-electron chi connectivity index (χ2n) is 5.41. The summed E-state index contributed by atoms with van der Waals surface area (Å²) >= 11 is 0. The Balaban J connectivity index is 1.66. The molecule has 0 amide bonds. The van der Waals surface area contributed by atoms with E-state index in [0.29, 0.717) is 5.92 Å². The molecule has 3 unspecified atom stereocenters. The quantitative estimate of drug-likeness (QED) is 0.771. The molecule has 88 valence electrons. The smallest absolute Gasteiger partial charge is 0.0568 e. The van der Waals surface area contributed by atoms with Crippen molar-refractivity contribution in [2.45, 2.75) is 51.6 Å². The zero-order valence-corrected chi connectivity index (χ0v) is 9.99. The van der Waals surface area contributed by atoms with E-state index in [4.69, 9.17) is 0 Å². The molecule has 0 aromatic heterocycles. The van der Waals surface area contributed by atoms with Crippen LogP contribution in [0.1, 0.15) is 45.4 Å². The van der Waals surface area contributed by atoms with Crippen LogP contribution in [0.5, 0.6) is 0 Å². The minimum absolute atomic E-state index is 0.00887. The van der Waals surface area contributed by atoms with Crippen molar-refractivity contribution in [3.05, 3.63) is 0 Å². The number of nitrogens with zero attached hydrogens (tertiary/aromatic N) is 1. The maximum atomic E-state index is 9.74. The summed E-state index contributed by atoms with van der Waals surface area (Å²) in [5.41, 5.74) is 0. The number of rotatable bonds is 4. The molecular formula is C13H25NO. The van der Waals surface area contributed by atoms with E-state index < -0.39 is 0 Å². The Labute approximate surface area is 93.7 Å². The topological polar surface area (TPSA) is 23.5 Å². The lowest BCUT2D eigenvalue weighted by molar-refractivity contribution is 0.120. The summed E-state index contributed by atoms with van der Waals surface area (Å²) in [4.78, 5) is 2.60. The molecule has 1 N–H and O–H groups in total. The van der Waals surface area contributed by atoms with Crippen molar-refractivity contribution in [3.63, 3.8) is 0 Å². The molecule has 0 aromatic carbocycles. The standard InChI is InChI=1S/C13H25NO/c1-2-11-6-8-14(10-11)9-7-12-4-3-5-13(12)15/h11-13,15H,2-10H2,1H3. The molecule has 3 atom stereocenters. The molecule has 1 aliphatic carbocycles.